The first-order valence-electron chi connectivity index (χ1n) is 9.90. The van der Waals surface area contributed by atoms with Crippen molar-refractivity contribution in [2.24, 2.45) is 5.73 Å². The minimum absolute atomic E-state index is 0.0187. The van der Waals surface area contributed by atoms with E-state index in [1.165, 1.54) is 54.6 Å². The number of benzene rings is 3. The van der Waals surface area contributed by atoms with E-state index in [9.17, 15) is 28.2 Å². The molecule has 2 N–H and O–H groups in total. The zero-order valence-electron chi connectivity index (χ0n) is 17.6. The van der Waals surface area contributed by atoms with Crippen LogP contribution < -0.4 is 14.7 Å². The Labute approximate surface area is 204 Å². The third-order valence-corrected chi connectivity index (χ3v) is 6.63. The number of nitriles is 1. The number of halogens is 2. The van der Waals surface area contributed by atoms with Gasteiger partial charge in [0, 0.05) is 34.3 Å². The molecular formula is C23H15ClFN3O6S. The lowest BCUT2D eigenvalue weighted by molar-refractivity contribution is -0.384. The summed E-state index contributed by atoms with van der Waals surface area (Å²) in [5.41, 5.74) is 6.10. The summed E-state index contributed by atoms with van der Waals surface area (Å²) in [7, 11) is -4.22. The van der Waals surface area contributed by atoms with Crippen molar-refractivity contribution in [2.75, 3.05) is 0 Å². The molecule has 0 aromatic heterocycles. The molecule has 1 unspecified atom stereocenters. The number of rotatable bonds is 6. The highest BCUT2D eigenvalue weighted by Crippen LogP contribution is 2.46. The standard InChI is InChI=1S/C23H15ClFN3O6S/c24-18-5-2-6-19(25)22(18)21-16-8-7-15(10-20(16)33-23(27)17(21)11-26)34-35(31,32)12-13-3-1-4-14(9-13)28(29)30/h1-10,21H,12,27H2. The summed E-state index contributed by atoms with van der Waals surface area (Å²) in [6, 6.07) is 15.1. The Morgan fingerprint density at radius 1 is 1.20 bits per heavy atom. The number of hydrogen-bond donors (Lipinski definition) is 1. The van der Waals surface area contributed by atoms with Crippen molar-refractivity contribution in [1.29, 1.82) is 5.26 Å². The lowest BCUT2D eigenvalue weighted by Gasteiger charge is -2.27. The average molecular weight is 516 g/mol. The van der Waals surface area contributed by atoms with Gasteiger partial charge in [0.1, 0.15) is 34.7 Å². The lowest BCUT2D eigenvalue weighted by Crippen LogP contribution is -2.22. The Hall–Kier alpha value is -4.14. The van der Waals surface area contributed by atoms with E-state index >= 15 is 0 Å². The summed E-state index contributed by atoms with van der Waals surface area (Å²) in [6.07, 6.45) is 0. The molecule has 0 spiro atoms. The van der Waals surface area contributed by atoms with Gasteiger partial charge in [-0.1, -0.05) is 35.9 Å². The van der Waals surface area contributed by atoms with Gasteiger partial charge in [-0.15, -0.1) is 0 Å². The van der Waals surface area contributed by atoms with E-state index in [4.69, 9.17) is 26.3 Å². The normalized spacial score (nSPS) is 15.1. The first-order valence-corrected chi connectivity index (χ1v) is 11.9. The van der Waals surface area contributed by atoms with E-state index in [1.54, 1.807) is 0 Å². The number of nitro groups is 1. The van der Waals surface area contributed by atoms with Crippen LogP contribution in [0.2, 0.25) is 5.02 Å². The van der Waals surface area contributed by atoms with Crippen LogP contribution >= 0.6 is 11.6 Å². The zero-order chi connectivity index (χ0) is 25.3. The fraction of sp³-hybridized carbons (Fsp3) is 0.0870. The van der Waals surface area contributed by atoms with Crippen LogP contribution in [0.4, 0.5) is 10.1 Å². The summed E-state index contributed by atoms with van der Waals surface area (Å²) in [5, 5.41) is 20.6. The SMILES string of the molecule is N#CC1=C(N)Oc2cc(OS(=O)(=O)Cc3cccc([N+](=O)[O-])c3)ccc2C1c1c(F)cccc1Cl. The number of non-ortho nitro benzene ring substituents is 1. The molecule has 0 bridgehead atoms. The van der Waals surface area contributed by atoms with Gasteiger partial charge in [-0.2, -0.15) is 13.7 Å². The monoisotopic (exact) mass is 515 g/mol. The molecule has 0 radical (unpaired) electrons. The molecule has 4 rings (SSSR count). The summed E-state index contributed by atoms with van der Waals surface area (Å²) in [4.78, 5) is 10.3. The predicted molar refractivity (Wildman–Crippen MR) is 123 cm³/mol. The van der Waals surface area contributed by atoms with Crippen molar-refractivity contribution in [3.05, 3.63) is 110 Å². The molecule has 1 heterocycles. The summed E-state index contributed by atoms with van der Waals surface area (Å²) in [6.45, 7) is 0. The highest BCUT2D eigenvalue weighted by molar-refractivity contribution is 7.86. The molecule has 35 heavy (non-hydrogen) atoms. The van der Waals surface area contributed by atoms with Gasteiger partial charge >= 0.3 is 10.1 Å². The molecule has 178 valence electrons. The first-order chi connectivity index (χ1) is 16.6. The Bertz CT molecular complexity index is 1510. The summed E-state index contributed by atoms with van der Waals surface area (Å²) in [5.74, 6) is -2.65. The molecule has 0 amide bonds. The van der Waals surface area contributed by atoms with E-state index in [0.29, 0.717) is 5.56 Å². The average Bonchev–Trinajstić information content (AvgIpc) is 2.78. The smallest absolute Gasteiger partial charge is 0.313 e. The van der Waals surface area contributed by atoms with Crippen LogP contribution in [0.1, 0.15) is 22.6 Å². The second-order valence-corrected chi connectivity index (χ2v) is 9.45. The third-order valence-electron chi connectivity index (χ3n) is 5.17. The van der Waals surface area contributed by atoms with Gasteiger partial charge in [-0.3, -0.25) is 10.1 Å². The van der Waals surface area contributed by atoms with Crippen LogP contribution in [-0.4, -0.2) is 13.3 Å². The highest BCUT2D eigenvalue weighted by Gasteiger charge is 2.34. The second-order valence-electron chi connectivity index (χ2n) is 7.47. The Morgan fingerprint density at radius 2 is 1.94 bits per heavy atom. The molecule has 3 aromatic carbocycles. The summed E-state index contributed by atoms with van der Waals surface area (Å²) < 4.78 is 50.5. The van der Waals surface area contributed by atoms with Crippen molar-refractivity contribution in [2.45, 2.75) is 11.7 Å². The van der Waals surface area contributed by atoms with Crippen LogP contribution in [0, 0.1) is 27.3 Å². The van der Waals surface area contributed by atoms with Crippen LogP contribution in [0.15, 0.2) is 72.1 Å². The fourth-order valence-electron chi connectivity index (χ4n) is 3.71. The van der Waals surface area contributed by atoms with Crippen molar-refractivity contribution < 1.29 is 26.7 Å². The Balaban J connectivity index is 1.68. The van der Waals surface area contributed by atoms with E-state index in [1.807, 2.05) is 6.07 Å². The van der Waals surface area contributed by atoms with Gasteiger partial charge in [-0.25, -0.2) is 4.39 Å². The van der Waals surface area contributed by atoms with Crippen LogP contribution in [-0.2, 0) is 15.9 Å². The lowest BCUT2D eigenvalue weighted by atomic mass is 9.83. The maximum atomic E-state index is 14.7. The molecule has 0 aliphatic carbocycles. The fourth-order valence-corrected chi connectivity index (χ4v) is 5.03. The van der Waals surface area contributed by atoms with Crippen molar-refractivity contribution in [3.8, 4) is 17.6 Å². The largest absolute Gasteiger partial charge is 0.440 e. The van der Waals surface area contributed by atoms with Gasteiger partial charge in [0.15, 0.2) is 0 Å². The molecule has 3 aromatic rings. The minimum Gasteiger partial charge on any atom is -0.440 e. The first kappa shape index (κ1) is 24.0. The molecule has 0 saturated heterocycles. The maximum Gasteiger partial charge on any atom is 0.313 e. The topological polar surface area (TPSA) is 146 Å². The highest BCUT2D eigenvalue weighted by atomic mass is 35.5. The zero-order valence-corrected chi connectivity index (χ0v) is 19.2. The van der Waals surface area contributed by atoms with Gasteiger partial charge in [0.2, 0.25) is 5.88 Å². The number of ether oxygens (including phenoxy) is 1. The number of allylic oxidation sites excluding steroid dienone is 1. The molecular weight excluding hydrogens is 501 g/mol. The molecule has 1 aliphatic heterocycles. The van der Waals surface area contributed by atoms with Crippen LogP contribution in [0.5, 0.6) is 11.5 Å². The number of fused-ring (bicyclic) bond motifs is 1. The molecule has 9 nitrogen and oxygen atoms in total. The second kappa shape index (κ2) is 9.25. The Morgan fingerprint density at radius 3 is 2.63 bits per heavy atom. The molecule has 0 fully saturated rings. The Kier molecular flexibility index (Phi) is 6.34. The number of hydrogen-bond acceptors (Lipinski definition) is 8. The molecule has 1 aliphatic rings. The molecule has 12 heteroatoms. The van der Waals surface area contributed by atoms with Crippen molar-refractivity contribution in [3.63, 3.8) is 0 Å². The van der Waals surface area contributed by atoms with E-state index in [0.717, 1.165) is 6.07 Å². The van der Waals surface area contributed by atoms with E-state index in [2.05, 4.69) is 0 Å². The maximum absolute atomic E-state index is 14.7. The van der Waals surface area contributed by atoms with Gasteiger partial charge < -0.3 is 14.7 Å². The molecule has 1 atom stereocenters. The van der Waals surface area contributed by atoms with Crippen molar-refractivity contribution >= 4 is 27.4 Å². The van der Waals surface area contributed by atoms with E-state index < -0.39 is 32.5 Å². The van der Waals surface area contributed by atoms with Crippen molar-refractivity contribution in [1.82, 2.24) is 0 Å². The van der Waals surface area contributed by atoms with Gasteiger partial charge in [0.25, 0.3) is 5.69 Å². The molecule has 0 saturated carbocycles. The number of nitrogens with zero attached hydrogens (tertiary/aromatic N) is 2. The van der Waals surface area contributed by atoms with E-state index in [-0.39, 0.29) is 44.8 Å². The minimum atomic E-state index is -4.22. The van der Waals surface area contributed by atoms with Gasteiger partial charge in [-0.05, 0) is 23.8 Å². The predicted octanol–water partition coefficient (Wildman–Crippen LogP) is 4.51. The number of nitro benzene ring substituents is 1. The van der Waals surface area contributed by atoms with Crippen LogP contribution in [0.3, 0.4) is 0 Å². The summed E-state index contributed by atoms with van der Waals surface area (Å²) >= 11 is 6.23. The van der Waals surface area contributed by atoms with Crippen LogP contribution in [0.25, 0.3) is 0 Å². The van der Waals surface area contributed by atoms with Gasteiger partial charge in [0.05, 0.1) is 10.8 Å². The quantitative estimate of drug-likeness (QED) is 0.286. The number of nitrogens with two attached hydrogens (primary N) is 1. The third kappa shape index (κ3) is 4.89.